The number of benzene rings is 1. The van der Waals surface area contributed by atoms with Crippen molar-refractivity contribution >= 4 is 15.9 Å². The highest BCUT2D eigenvalue weighted by atomic mass is 32.2. The van der Waals surface area contributed by atoms with E-state index >= 15 is 0 Å². The van der Waals surface area contributed by atoms with Gasteiger partial charge in [0.2, 0.25) is 10.0 Å². The SMILES string of the molecule is O=C(c1cn[nH]c1-c1ccc(F)cc1)N1CCCS1(=O)=O. The van der Waals surface area contributed by atoms with Crippen LogP contribution in [-0.2, 0) is 10.0 Å². The highest BCUT2D eigenvalue weighted by Crippen LogP contribution is 2.25. The van der Waals surface area contributed by atoms with Gasteiger partial charge in [0.25, 0.3) is 5.91 Å². The van der Waals surface area contributed by atoms with Crippen LogP contribution in [0.5, 0.6) is 0 Å². The van der Waals surface area contributed by atoms with Crippen LogP contribution in [0.1, 0.15) is 16.8 Å². The molecule has 1 amide bonds. The number of amides is 1. The van der Waals surface area contributed by atoms with Crippen molar-refractivity contribution in [2.24, 2.45) is 0 Å². The molecule has 2 heterocycles. The number of aromatic nitrogens is 2. The van der Waals surface area contributed by atoms with E-state index in [4.69, 9.17) is 0 Å². The number of H-pyrrole nitrogens is 1. The van der Waals surface area contributed by atoms with Crippen LogP contribution in [0, 0.1) is 5.82 Å². The summed E-state index contributed by atoms with van der Waals surface area (Å²) in [5.74, 6) is -1.03. The minimum absolute atomic E-state index is 0.0253. The van der Waals surface area contributed by atoms with E-state index in [9.17, 15) is 17.6 Å². The quantitative estimate of drug-likeness (QED) is 0.908. The van der Waals surface area contributed by atoms with Gasteiger partial charge < -0.3 is 0 Å². The lowest BCUT2D eigenvalue weighted by atomic mass is 10.1. The van der Waals surface area contributed by atoms with Gasteiger partial charge in [-0.3, -0.25) is 9.89 Å². The molecule has 8 heteroatoms. The maximum Gasteiger partial charge on any atom is 0.271 e. The van der Waals surface area contributed by atoms with E-state index < -0.39 is 21.7 Å². The molecule has 110 valence electrons. The molecule has 0 saturated carbocycles. The average Bonchev–Trinajstić information content (AvgIpc) is 3.05. The number of sulfonamides is 1. The number of nitrogens with zero attached hydrogens (tertiary/aromatic N) is 2. The lowest BCUT2D eigenvalue weighted by molar-refractivity contribution is 0.0870. The number of hydrogen-bond donors (Lipinski definition) is 1. The van der Waals surface area contributed by atoms with Crippen molar-refractivity contribution < 1.29 is 17.6 Å². The average molecular weight is 309 g/mol. The fourth-order valence-electron chi connectivity index (χ4n) is 2.29. The van der Waals surface area contributed by atoms with E-state index in [1.54, 1.807) is 0 Å². The molecule has 0 radical (unpaired) electrons. The predicted molar refractivity (Wildman–Crippen MR) is 73.4 cm³/mol. The summed E-state index contributed by atoms with van der Waals surface area (Å²) in [4.78, 5) is 12.4. The van der Waals surface area contributed by atoms with Crippen LogP contribution in [0.3, 0.4) is 0 Å². The molecule has 0 spiro atoms. The summed E-state index contributed by atoms with van der Waals surface area (Å²) >= 11 is 0. The van der Waals surface area contributed by atoms with Gasteiger partial charge in [-0.25, -0.2) is 17.1 Å². The highest BCUT2D eigenvalue weighted by Gasteiger charge is 2.34. The van der Waals surface area contributed by atoms with Gasteiger partial charge in [0.1, 0.15) is 5.82 Å². The third kappa shape index (κ3) is 2.42. The van der Waals surface area contributed by atoms with Crippen molar-refractivity contribution in [3.05, 3.63) is 41.8 Å². The number of aromatic amines is 1. The molecule has 2 aromatic rings. The van der Waals surface area contributed by atoms with Crippen molar-refractivity contribution in [3.8, 4) is 11.3 Å². The summed E-state index contributed by atoms with van der Waals surface area (Å²) in [6.45, 7) is 0.176. The highest BCUT2D eigenvalue weighted by molar-refractivity contribution is 7.89. The molecule has 6 nitrogen and oxygen atoms in total. The third-order valence-corrected chi connectivity index (χ3v) is 5.15. The zero-order valence-corrected chi connectivity index (χ0v) is 11.7. The molecule has 1 aliphatic rings. The Morgan fingerprint density at radius 1 is 1.29 bits per heavy atom. The Morgan fingerprint density at radius 3 is 2.62 bits per heavy atom. The second kappa shape index (κ2) is 4.96. The maximum atomic E-state index is 13.0. The van der Waals surface area contributed by atoms with E-state index in [0.717, 1.165) is 4.31 Å². The van der Waals surface area contributed by atoms with Gasteiger partial charge in [-0.05, 0) is 30.7 Å². The molecule has 1 aromatic heterocycles. The van der Waals surface area contributed by atoms with Crippen LogP contribution in [0.25, 0.3) is 11.3 Å². The van der Waals surface area contributed by atoms with Gasteiger partial charge in [0.05, 0.1) is 23.2 Å². The monoisotopic (exact) mass is 309 g/mol. The number of carbonyl (C=O) groups excluding carboxylic acids is 1. The van der Waals surface area contributed by atoms with E-state index in [0.29, 0.717) is 17.7 Å². The fourth-order valence-corrected chi connectivity index (χ4v) is 3.76. The number of nitrogens with one attached hydrogen (secondary N) is 1. The molecule has 1 fully saturated rings. The van der Waals surface area contributed by atoms with Crippen LogP contribution in [0.4, 0.5) is 4.39 Å². The number of carbonyl (C=O) groups is 1. The van der Waals surface area contributed by atoms with E-state index in [1.165, 1.54) is 30.5 Å². The first kappa shape index (κ1) is 13.7. The standard InChI is InChI=1S/C13H12FN3O3S/c14-10-4-2-9(3-5-10)12-11(8-15-16-12)13(18)17-6-1-7-21(17,19)20/h2-5,8H,1,6-7H2,(H,15,16). The number of halogens is 1. The Kier molecular flexibility index (Phi) is 3.25. The molecule has 3 rings (SSSR count). The van der Waals surface area contributed by atoms with Crippen LogP contribution >= 0.6 is 0 Å². The van der Waals surface area contributed by atoms with Crippen LogP contribution in [0.15, 0.2) is 30.5 Å². The molecule has 0 bridgehead atoms. The van der Waals surface area contributed by atoms with Crippen LogP contribution in [-0.4, -0.2) is 41.1 Å². The lowest BCUT2D eigenvalue weighted by Gasteiger charge is -2.14. The molecule has 0 aliphatic carbocycles. The van der Waals surface area contributed by atoms with Gasteiger partial charge in [-0.1, -0.05) is 0 Å². The first-order valence-electron chi connectivity index (χ1n) is 6.33. The largest absolute Gasteiger partial charge is 0.277 e. The Bertz CT molecular complexity index is 783. The third-order valence-electron chi connectivity index (χ3n) is 3.33. The van der Waals surface area contributed by atoms with Crippen LogP contribution in [0.2, 0.25) is 0 Å². The first-order chi connectivity index (χ1) is 9.99. The summed E-state index contributed by atoms with van der Waals surface area (Å²) in [6.07, 6.45) is 1.71. The molecule has 1 aliphatic heterocycles. The van der Waals surface area contributed by atoms with Gasteiger partial charge >= 0.3 is 0 Å². The van der Waals surface area contributed by atoms with E-state index in [1.807, 2.05) is 0 Å². The van der Waals surface area contributed by atoms with Gasteiger partial charge in [0.15, 0.2) is 0 Å². The second-order valence-electron chi connectivity index (χ2n) is 4.71. The molecule has 1 aromatic carbocycles. The Labute approximate surface area is 120 Å². The Balaban J connectivity index is 1.99. The van der Waals surface area contributed by atoms with Crippen LogP contribution < -0.4 is 0 Å². The summed E-state index contributed by atoms with van der Waals surface area (Å²) in [7, 11) is -3.54. The Hall–Kier alpha value is -2.22. The maximum absolute atomic E-state index is 13.0. The number of hydrogen-bond acceptors (Lipinski definition) is 4. The minimum atomic E-state index is -3.54. The lowest BCUT2D eigenvalue weighted by Crippen LogP contribution is -2.32. The zero-order valence-electron chi connectivity index (χ0n) is 10.9. The summed E-state index contributed by atoms with van der Waals surface area (Å²) in [5.41, 5.74) is 1.10. The zero-order chi connectivity index (χ0) is 15.0. The number of rotatable bonds is 2. The summed E-state index contributed by atoms with van der Waals surface area (Å²) in [6, 6.07) is 5.52. The molecular weight excluding hydrogens is 297 g/mol. The molecule has 21 heavy (non-hydrogen) atoms. The van der Waals surface area contributed by atoms with Crippen molar-refractivity contribution in [3.63, 3.8) is 0 Å². The van der Waals surface area contributed by atoms with Gasteiger partial charge in [-0.2, -0.15) is 5.10 Å². The van der Waals surface area contributed by atoms with Crippen molar-refractivity contribution in [2.75, 3.05) is 12.3 Å². The molecule has 0 atom stereocenters. The molecule has 1 saturated heterocycles. The predicted octanol–water partition coefficient (Wildman–Crippen LogP) is 1.39. The summed E-state index contributed by atoms with van der Waals surface area (Å²) in [5, 5.41) is 6.46. The normalized spacial score (nSPS) is 17.1. The fraction of sp³-hybridized carbons (Fsp3) is 0.231. The Morgan fingerprint density at radius 2 is 2.00 bits per heavy atom. The van der Waals surface area contributed by atoms with E-state index in [-0.39, 0.29) is 17.9 Å². The minimum Gasteiger partial charge on any atom is -0.277 e. The van der Waals surface area contributed by atoms with Gasteiger partial charge in [0, 0.05) is 12.1 Å². The first-order valence-corrected chi connectivity index (χ1v) is 7.94. The molecular formula is C13H12FN3O3S. The topological polar surface area (TPSA) is 83.1 Å². The smallest absolute Gasteiger partial charge is 0.271 e. The molecule has 0 unspecified atom stereocenters. The second-order valence-corrected chi connectivity index (χ2v) is 6.73. The van der Waals surface area contributed by atoms with Crippen molar-refractivity contribution in [2.45, 2.75) is 6.42 Å². The molecule has 1 N–H and O–H groups in total. The van der Waals surface area contributed by atoms with Crippen molar-refractivity contribution in [1.29, 1.82) is 0 Å². The van der Waals surface area contributed by atoms with Gasteiger partial charge in [-0.15, -0.1) is 0 Å². The summed E-state index contributed by atoms with van der Waals surface area (Å²) < 4.78 is 37.5. The van der Waals surface area contributed by atoms with E-state index in [2.05, 4.69) is 10.2 Å². The van der Waals surface area contributed by atoms with Crippen molar-refractivity contribution in [1.82, 2.24) is 14.5 Å².